The highest BCUT2D eigenvalue weighted by atomic mass is 32.2. The van der Waals surface area contributed by atoms with Crippen molar-refractivity contribution < 1.29 is 21.6 Å². The van der Waals surface area contributed by atoms with Crippen LogP contribution in [0.15, 0.2) is 35.2 Å². The van der Waals surface area contributed by atoms with Crippen LogP contribution in [-0.2, 0) is 10.0 Å². The molecule has 0 aliphatic rings. The average molecular weight is 316 g/mol. The van der Waals surface area contributed by atoms with Crippen LogP contribution in [0.3, 0.4) is 0 Å². The fraction of sp³-hybridized carbons (Fsp3) is 0.0769. The van der Waals surface area contributed by atoms with Gasteiger partial charge in [-0.3, -0.25) is 4.72 Å². The normalized spacial score (nSPS) is 11.4. The second kappa shape index (κ2) is 5.28. The number of halogens is 3. The summed E-state index contributed by atoms with van der Waals surface area (Å²) in [5.74, 6) is -4.79. The van der Waals surface area contributed by atoms with Crippen molar-refractivity contribution in [1.29, 1.82) is 0 Å². The van der Waals surface area contributed by atoms with Crippen LogP contribution in [0.1, 0.15) is 5.56 Å². The molecule has 0 unspecified atom stereocenters. The van der Waals surface area contributed by atoms with Gasteiger partial charge in [-0.1, -0.05) is 12.1 Å². The number of anilines is 2. The van der Waals surface area contributed by atoms with E-state index >= 15 is 0 Å². The van der Waals surface area contributed by atoms with Gasteiger partial charge in [0.25, 0.3) is 10.0 Å². The Labute approximate surface area is 119 Å². The molecule has 8 heteroatoms. The van der Waals surface area contributed by atoms with E-state index in [2.05, 4.69) is 0 Å². The maximum Gasteiger partial charge on any atom is 0.264 e. The largest absolute Gasteiger partial charge is 0.398 e. The number of rotatable bonds is 3. The number of nitrogens with two attached hydrogens (primary N) is 1. The molecule has 0 saturated heterocycles. The van der Waals surface area contributed by atoms with Crippen LogP contribution in [-0.4, -0.2) is 8.42 Å². The smallest absolute Gasteiger partial charge is 0.264 e. The molecule has 2 aromatic rings. The summed E-state index contributed by atoms with van der Waals surface area (Å²) in [6, 6.07) is 5.84. The quantitative estimate of drug-likeness (QED) is 0.675. The van der Waals surface area contributed by atoms with Crippen molar-refractivity contribution in [3.63, 3.8) is 0 Å². The minimum Gasteiger partial charge on any atom is -0.398 e. The lowest BCUT2D eigenvalue weighted by atomic mass is 10.2. The molecule has 0 aliphatic carbocycles. The third-order valence-electron chi connectivity index (χ3n) is 2.79. The first-order valence-electron chi connectivity index (χ1n) is 5.75. The fourth-order valence-corrected chi connectivity index (χ4v) is 3.26. The summed E-state index contributed by atoms with van der Waals surface area (Å²) in [5.41, 5.74) is 5.21. The summed E-state index contributed by atoms with van der Waals surface area (Å²) in [6.45, 7) is 1.51. The molecule has 21 heavy (non-hydrogen) atoms. The van der Waals surface area contributed by atoms with Crippen LogP contribution >= 0.6 is 0 Å². The monoisotopic (exact) mass is 316 g/mol. The van der Waals surface area contributed by atoms with Crippen molar-refractivity contribution in [2.24, 2.45) is 0 Å². The Morgan fingerprint density at radius 3 is 2.33 bits per heavy atom. The Kier molecular flexibility index (Phi) is 3.82. The first-order chi connectivity index (χ1) is 9.74. The Morgan fingerprint density at radius 1 is 1.05 bits per heavy atom. The van der Waals surface area contributed by atoms with Crippen LogP contribution in [0, 0.1) is 24.4 Å². The lowest BCUT2D eigenvalue weighted by Crippen LogP contribution is -2.17. The van der Waals surface area contributed by atoms with Crippen LogP contribution < -0.4 is 10.5 Å². The molecular formula is C13H11F3N2O2S. The van der Waals surface area contributed by atoms with Gasteiger partial charge in [0.15, 0.2) is 17.5 Å². The van der Waals surface area contributed by atoms with Gasteiger partial charge in [0.1, 0.15) is 4.90 Å². The second-order valence-electron chi connectivity index (χ2n) is 4.32. The van der Waals surface area contributed by atoms with Crippen LogP contribution in [0.4, 0.5) is 24.5 Å². The molecule has 2 rings (SSSR count). The maximum absolute atomic E-state index is 13.5. The first kappa shape index (κ1) is 15.2. The molecule has 2 aromatic carbocycles. The summed E-state index contributed by atoms with van der Waals surface area (Å²) in [7, 11) is -4.23. The summed E-state index contributed by atoms with van der Waals surface area (Å²) in [5, 5.41) is 0. The number of nitrogens with one attached hydrogen (secondary N) is 1. The van der Waals surface area contributed by atoms with E-state index in [9.17, 15) is 21.6 Å². The molecular weight excluding hydrogens is 305 g/mol. The minimum atomic E-state index is -4.23. The molecule has 0 bridgehead atoms. The Bertz CT molecular complexity index is 787. The van der Waals surface area contributed by atoms with E-state index in [1.165, 1.54) is 19.1 Å². The van der Waals surface area contributed by atoms with Gasteiger partial charge in [-0.05, 0) is 30.7 Å². The van der Waals surface area contributed by atoms with E-state index < -0.39 is 33.2 Å². The number of hydrogen-bond donors (Lipinski definition) is 2. The van der Waals surface area contributed by atoms with Crippen LogP contribution in [0.2, 0.25) is 0 Å². The summed E-state index contributed by atoms with van der Waals surface area (Å²) in [6.07, 6.45) is 0. The van der Waals surface area contributed by atoms with E-state index in [1.54, 1.807) is 6.07 Å². The number of hydrogen-bond acceptors (Lipinski definition) is 3. The highest BCUT2D eigenvalue weighted by molar-refractivity contribution is 7.93. The maximum atomic E-state index is 13.5. The van der Waals surface area contributed by atoms with Gasteiger partial charge in [-0.25, -0.2) is 21.6 Å². The fourth-order valence-electron chi connectivity index (χ4n) is 1.84. The van der Waals surface area contributed by atoms with Crippen molar-refractivity contribution in [1.82, 2.24) is 0 Å². The predicted octanol–water partition coefficient (Wildman–Crippen LogP) is 2.80. The topological polar surface area (TPSA) is 72.2 Å². The second-order valence-corrected chi connectivity index (χ2v) is 5.94. The van der Waals surface area contributed by atoms with Crippen molar-refractivity contribution in [3.8, 4) is 0 Å². The molecule has 4 nitrogen and oxygen atoms in total. The van der Waals surface area contributed by atoms with Crippen molar-refractivity contribution in [3.05, 3.63) is 53.3 Å². The molecule has 0 saturated carbocycles. The Hall–Kier alpha value is -2.22. The minimum absolute atomic E-state index is 0.0366. The van der Waals surface area contributed by atoms with Gasteiger partial charge >= 0.3 is 0 Å². The van der Waals surface area contributed by atoms with Gasteiger partial charge in [0.05, 0.1) is 11.4 Å². The van der Waals surface area contributed by atoms with Crippen molar-refractivity contribution >= 4 is 21.4 Å². The van der Waals surface area contributed by atoms with Gasteiger partial charge < -0.3 is 5.73 Å². The van der Waals surface area contributed by atoms with E-state index in [0.717, 1.165) is 6.07 Å². The van der Waals surface area contributed by atoms with E-state index in [0.29, 0.717) is 11.6 Å². The van der Waals surface area contributed by atoms with Crippen LogP contribution in [0.5, 0.6) is 0 Å². The van der Waals surface area contributed by atoms with Crippen molar-refractivity contribution in [2.45, 2.75) is 11.8 Å². The number of aryl methyl sites for hydroxylation is 1. The highest BCUT2D eigenvalue weighted by Gasteiger charge is 2.23. The molecule has 0 aliphatic heterocycles. The van der Waals surface area contributed by atoms with Gasteiger partial charge in [0.2, 0.25) is 0 Å². The number of benzene rings is 2. The molecule has 0 aromatic heterocycles. The average Bonchev–Trinajstić information content (AvgIpc) is 2.39. The van der Waals surface area contributed by atoms with E-state index in [1.807, 2.05) is 4.72 Å². The molecule has 0 heterocycles. The van der Waals surface area contributed by atoms with Gasteiger partial charge in [-0.2, -0.15) is 0 Å². The zero-order valence-electron chi connectivity index (χ0n) is 10.8. The summed E-state index contributed by atoms with van der Waals surface area (Å²) >= 11 is 0. The SMILES string of the molecule is Cc1cccc(N)c1S(=O)(=O)Nc1ccc(F)c(F)c1F. The van der Waals surface area contributed by atoms with Crippen LogP contribution in [0.25, 0.3) is 0 Å². The first-order valence-corrected chi connectivity index (χ1v) is 7.24. The molecule has 0 spiro atoms. The van der Waals surface area contributed by atoms with Gasteiger partial charge in [-0.15, -0.1) is 0 Å². The van der Waals surface area contributed by atoms with E-state index in [-0.39, 0.29) is 10.6 Å². The predicted molar refractivity (Wildman–Crippen MR) is 72.7 cm³/mol. The zero-order chi connectivity index (χ0) is 15.8. The molecule has 3 N–H and O–H groups in total. The standard InChI is InChI=1S/C13H11F3N2O2S/c1-7-3-2-4-9(17)13(7)21(19,20)18-10-6-5-8(14)11(15)12(10)16/h2-6,18H,17H2,1H3. The molecule has 0 radical (unpaired) electrons. The Balaban J connectivity index is 2.51. The summed E-state index contributed by atoms with van der Waals surface area (Å²) in [4.78, 5) is -0.242. The van der Waals surface area contributed by atoms with Gasteiger partial charge in [0, 0.05) is 0 Å². The molecule has 0 fully saturated rings. The lowest BCUT2D eigenvalue weighted by Gasteiger charge is -2.13. The molecule has 0 amide bonds. The zero-order valence-corrected chi connectivity index (χ0v) is 11.6. The summed E-state index contributed by atoms with van der Waals surface area (Å²) < 4.78 is 65.8. The number of sulfonamides is 1. The lowest BCUT2D eigenvalue weighted by molar-refractivity contribution is 0.449. The Morgan fingerprint density at radius 2 is 1.71 bits per heavy atom. The number of nitrogen functional groups attached to an aromatic ring is 1. The molecule has 0 atom stereocenters. The molecule has 112 valence electrons. The third-order valence-corrected chi connectivity index (χ3v) is 4.37. The highest BCUT2D eigenvalue weighted by Crippen LogP contribution is 2.27. The van der Waals surface area contributed by atoms with E-state index in [4.69, 9.17) is 5.73 Å². The van der Waals surface area contributed by atoms with Crippen molar-refractivity contribution in [2.75, 3.05) is 10.5 Å². The third kappa shape index (κ3) is 2.80.